The van der Waals surface area contributed by atoms with Crippen molar-refractivity contribution in [2.24, 2.45) is 0 Å². The maximum Gasteiger partial charge on any atom is 0.195 e. The van der Waals surface area contributed by atoms with Crippen molar-refractivity contribution in [3.8, 4) is 0 Å². The van der Waals surface area contributed by atoms with Crippen molar-refractivity contribution in [2.45, 2.75) is 0 Å². The number of benzene rings is 2. The van der Waals surface area contributed by atoms with E-state index < -0.39 is 6.98 Å². The normalized spacial score (nSPS) is 13.4. The molecule has 0 aliphatic heterocycles. The summed E-state index contributed by atoms with van der Waals surface area (Å²) in [6.07, 6.45) is 0. The Kier molecular flexibility index (Phi) is 2.09. The summed E-state index contributed by atoms with van der Waals surface area (Å²) in [5.41, 5.74) is 1.20. The van der Waals surface area contributed by atoms with E-state index in [0.717, 1.165) is 0 Å². The molecule has 0 fully saturated rings. The van der Waals surface area contributed by atoms with Gasteiger partial charge in [0.15, 0.2) is 5.78 Å². The molecular weight excluding hydrogens is 198 g/mol. The molecule has 2 aromatic rings. The van der Waals surface area contributed by atoms with E-state index in [1.54, 1.807) is 48.5 Å². The third-order valence-corrected chi connectivity index (χ3v) is 2.34. The monoisotopic (exact) mass is 214 g/mol. The smallest absolute Gasteiger partial charge is 0.195 e. The molecule has 2 aromatic carbocycles. The standard InChI is InChI=1S/C14H13NO/c1-15-13-10-6-5-9-12(13)14(16)11-7-3-2-4-8-11/h2-10,15H,1H3/i1D3. The first-order valence-corrected chi connectivity index (χ1v) is 4.94. The molecule has 0 amide bonds. The molecule has 0 aliphatic carbocycles. The maximum atomic E-state index is 12.3. The van der Waals surface area contributed by atoms with Crippen LogP contribution >= 0.6 is 0 Å². The summed E-state index contributed by atoms with van der Waals surface area (Å²) in [5, 5.41) is 2.38. The van der Waals surface area contributed by atoms with Gasteiger partial charge in [-0.15, -0.1) is 0 Å². The third-order valence-electron chi connectivity index (χ3n) is 2.34. The van der Waals surface area contributed by atoms with Crippen molar-refractivity contribution in [1.29, 1.82) is 0 Å². The molecular formula is C14H13NO. The molecule has 0 heterocycles. The van der Waals surface area contributed by atoms with Crippen molar-refractivity contribution in [3.05, 3.63) is 65.7 Å². The molecule has 0 saturated carbocycles. The summed E-state index contributed by atoms with van der Waals surface area (Å²) in [7, 11) is 0. The summed E-state index contributed by atoms with van der Waals surface area (Å²) in [6, 6.07) is 15.4. The van der Waals surface area contributed by atoms with Crippen molar-refractivity contribution < 1.29 is 8.91 Å². The van der Waals surface area contributed by atoms with E-state index in [0.29, 0.717) is 16.8 Å². The predicted octanol–water partition coefficient (Wildman–Crippen LogP) is 2.96. The van der Waals surface area contributed by atoms with Gasteiger partial charge in [-0.1, -0.05) is 42.5 Å². The molecule has 0 aliphatic rings. The van der Waals surface area contributed by atoms with Gasteiger partial charge in [0.25, 0.3) is 0 Å². The fraction of sp³-hybridized carbons (Fsp3) is 0.0714. The maximum absolute atomic E-state index is 12.3. The number of hydrogen-bond acceptors (Lipinski definition) is 2. The van der Waals surface area contributed by atoms with Crippen LogP contribution in [0.4, 0.5) is 5.69 Å². The average molecular weight is 214 g/mol. The van der Waals surface area contributed by atoms with Crippen LogP contribution in [0.5, 0.6) is 0 Å². The molecule has 0 bridgehead atoms. The molecule has 0 aromatic heterocycles. The highest BCUT2D eigenvalue weighted by Crippen LogP contribution is 2.18. The molecule has 16 heavy (non-hydrogen) atoms. The van der Waals surface area contributed by atoms with Crippen LogP contribution in [0.1, 0.15) is 20.0 Å². The third kappa shape index (κ3) is 1.96. The first-order chi connectivity index (χ1) is 8.97. The van der Waals surface area contributed by atoms with Gasteiger partial charge in [-0.3, -0.25) is 4.79 Å². The number of hydrogen-bond donors (Lipinski definition) is 1. The molecule has 0 spiro atoms. The summed E-state index contributed by atoms with van der Waals surface area (Å²) >= 11 is 0. The van der Waals surface area contributed by atoms with E-state index in [1.807, 2.05) is 6.07 Å². The Morgan fingerprint density at radius 3 is 2.50 bits per heavy atom. The molecule has 0 radical (unpaired) electrons. The van der Waals surface area contributed by atoms with E-state index in [1.165, 1.54) is 0 Å². The van der Waals surface area contributed by atoms with Gasteiger partial charge in [-0.25, -0.2) is 0 Å². The fourth-order valence-electron chi connectivity index (χ4n) is 1.54. The van der Waals surface area contributed by atoms with Crippen LogP contribution < -0.4 is 5.32 Å². The van der Waals surface area contributed by atoms with Gasteiger partial charge in [0.05, 0.1) is 0 Å². The van der Waals surface area contributed by atoms with E-state index in [9.17, 15) is 4.79 Å². The highest BCUT2D eigenvalue weighted by molar-refractivity contribution is 6.12. The largest absolute Gasteiger partial charge is 0.388 e. The van der Waals surface area contributed by atoms with Crippen molar-refractivity contribution >= 4 is 11.5 Å². The Morgan fingerprint density at radius 2 is 1.75 bits per heavy atom. The Bertz CT molecular complexity index is 579. The number of para-hydroxylation sites is 1. The van der Waals surface area contributed by atoms with Crippen LogP contribution in [-0.4, -0.2) is 12.8 Å². The van der Waals surface area contributed by atoms with Crippen LogP contribution in [0.2, 0.25) is 0 Å². The van der Waals surface area contributed by atoms with Crippen molar-refractivity contribution in [1.82, 2.24) is 0 Å². The Morgan fingerprint density at radius 1 is 1.06 bits per heavy atom. The summed E-state index contributed by atoms with van der Waals surface area (Å²) in [5.74, 6) is -0.201. The molecule has 0 unspecified atom stereocenters. The van der Waals surface area contributed by atoms with Crippen LogP contribution in [0, 0.1) is 0 Å². The lowest BCUT2D eigenvalue weighted by molar-refractivity contribution is 0.103. The second-order valence-corrected chi connectivity index (χ2v) is 3.37. The Balaban J connectivity index is 2.38. The second-order valence-electron chi connectivity index (χ2n) is 3.37. The van der Waals surface area contributed by atoms with Crippen LogP contribution in [0.15, 0.2) is 54.6 Å². The predicted molar refractivity (Wildman–Crippen MR) is 65.9 cm³/mol. The zero-order valence-corrected chi connectivity index (χ0v) is 8.60. The number of anilines is 1. The molecule has 2 rings (SSSR count). The van der Waals surface area contributed by atoms with Crippen molar-refractivity contribution in [3.63, 3.8) is 0 Å². The van der Waals surface area contributed by atoms with E-state index in [-0.39, 0.29) is 5.78 Å². The quantitative estimate of drug-likeness (QED) is 0.796. The summed E-state index contributed by atoms with van der Waals surface area (Å²) in [6.45, 7) is -2.33. The minimum absolute atomic E-state index is 0.201. The second kappa shape index (κ2) is 4.62. The first-order valence-electron chi connectivity index (χ1n) is 6.44. The van der Waals surface area contributed by atoms with Gasteiger partial charge >= 0.3 is 0 Å². The van der Waals surface area contributed by atoms with Gasteiger partial charge < -0.3 is 5.32 Å². The van der Waals surface area contributed by atoms with E-state index in [2.05, 4.69) is 5.32 Å². The van der Waals surface area contributed by atoms with E-state index in [4.69, 9.17) is 4.11 Å². The molecule has 0 saturated heterocycles. The highest BCUT2D eigenvalue weighted by Gasteiger charge is 2.11. The van der Waals surface area contributed by atoms with Crippen molar-refractivity contribution in [2.75, 3.05) is 12.3 Å². The minimum Gasteiger partial charge on any atom is -0.388 e. The lowest BCUT2D eigenvalue weighted by atomic mass is 10.0. The summed E-state index contributed by atoms with van der Waals surface area (Å²) < 4.78 is 21.7. The van der Waals surface area contributed by atoms with Gasteiger partial charge in [-0.05, 0) is 12.1 Å². The van der Waals surface area contributed by atoms with Crippen LogP contribution in [-0.2, 0) is 0 Å². The lowest BCUT2D eigenvalue weighted by Crippen LogP contribution is -2.04. The number of carbonyl (C=O) groups is 1. The fourth-order valence-corrected chi connectivity index (χ4v) is 1.54. The zero-order chi connectivity index (χ0) is 13.9. The SMILES string of the molecule is [2H]C([2H])([2H])Nc1ccccc1C(=O)c1ccccc1. The minimum atomic E-state index is -2.33. The van der Waals surface area contributed by atoms with Gasteiger partial charge in [0.1, 0.15) is 0 Å². The number of carbonyl (C=O) groups excluding carboxylic acids is 1. The number of ketones is 1. The molecule has 80 valence electrons. The molecule has 2 heteroatoms. The summed E-state index contributed by atoms with van der Waals surface area (Å²) in [4.78, 5) is 12.3. The zero-order valence-electron chi connectivity index (χ0n) is 11.6. The average Bonchev–Trinajstić information content (AvgIpc) is 2.38. The Labute approximate surface area is 99.1 Å². The highest BCUT2D eigenvalue weighted by atomic mass is 16.1. The van der Waals surface area contributed by atoms with Gasteiger partial charge in [0, 0.05) is 27.9 Å². The topological polar surface area (TPSA) is 29.1 Å². The lowest BCUT2D eigenvalue weighted by Gasteiger charge is -2.07. The number of nitrogens with one attached hydrogen (secondary N) is 1. The number of rotatable bonds is 3. The molecule has 1 N–H and O–H groups in total. The molecule has 0 atom stereocenters. The first kappa shape index (κ1) is 7.23. The van der Waals surface area contributed by atoms with E-state index >= 15 is 0 Å². The molecule has 2 nitrogen and oxygen atoms in total. The van der Waals surface area contributed by atoms with Gasteiger partial charge in [-0.2, -0.15) is 0 Å². The van der Waals surface area contributed by atoms with Crippen LogP contribution in [0.25, 0.3) is 0 Å². The Hall–Kier alpha value is -2.09. The van der Waals surface area contributed by atoms with Gasteiger partial charge in [0.2, 0.25) is 0 Å². The van der Waals surface area contributed by atoms with Crippen LogP contribution in [0.3, 0.4) is 0 Å².